The molecule has 1 aromatic carbocycles. The van der Waals surface area contributed by atoms with Crippen molar-refractivity contribution in [3.8, 4) is 6.07 Å². The van der Waals surface area contributed by atoms with Gasteiger partial charge in [0, 0.05) is 24.5 Å². The van der Waals surface area contributed by atoms with Crippen molar-refractivity contribution in [3.05, 3.63) is 35.9 Å². The molecule has 0 bridgehead atoms. The number of aromatic nitrogens is 1. The van der Waals surface area contributed by atoms with Crippen LogP contribution >= 0.6 is 0 Å². The number of amides is 1. The van der Waals surface area contributed by atoms with E-state index < -0.39 is 0 Å². The number of hydrogen-bond donors (Lipinski definition) is 1. The molecule has 1 saturated heterocycles. The number of piperidine rings is 1. The van der Waals surface area contributed by atoms with Gasteiger partial charge < -0.3 is 15.0 Å². The zero-order valence-corrected chi connectivity index (χ0v) is 13.7. The predicted molar refractivity (Wildman–Crippen MR) is 91.9 cm³/mol. The van der Waals surface area contributed by atoms with Gasteiger partial charge in [0.05, 0.1) is 23.8 Å². The topological polar surface area (TPSA) is 78.2 Å². The molecule has 124 valence electrons. The highest BCUT2D eigenvalue weighted by Gasteiger charge is 2.23. The number of carbonyl (C=O) groups excluding carboxylic acids is 1. The van der Waals surface area contributed by atoms with Crippen molar-refractivity contribution < 1.29 is 9.53 Å². The molecule has 24 heavy (non-hydrogen) atoms. The number of nitriles is 1. The van der Waals surface area contributed by atoms with Crippen molar-refractivity contribution in [2.24, 2.45) is 0 Å². The molecule has 0 radical (unpaired) electrons. The summed E-state index contributed by atoms with van der Waals surface area (Å²) in [5.41, 5.74) is 1.43. The molecule has 1 N–H and O–H groups in total. The molecule has 1 fully saturated rings. The summed E-state index contributed by atoms with van der Waals surface area (Å²) in [4.78, 5) is 18.4. The van der Waals surface area contributed by atoms with E-state index >= 15 is 0 Å². The molecule has 6 heteroatoms. The van der Waals surface area contributed by atoms with Gasteiger partial charge in [0.1, 0.15) is 5.82 Å². The lowest BCUT2D eigenvalue weighted by molar-refractivity contribution is 0.146. The molecular formula is C18H20N4O2. The Morgan fingerprint density at radius 2 is 2.33 bits per heavy atom. The molecule has 0 aliphatic carbocycles. The fraction of sp³-hybridized carbons (Fsp3) is 0.389. The number of para-hydroxylation sites is 1. The van der Waals surface area contributed by atoms with Gasteiger partial charge in [-0.3, -0.25) is 0 Å². The summed E-state index contributed by atoms with van der Waals surface area (Å²) in [5.74, 6) is 0.778. The van der Waals surface area contributed by atoms with Crippen LogP contribution in [0.15, 0.2) is 30.3 Å². The minimum absolute atomic E-state index is 0.0246. The number of nitrogens with zero attached hydrogens (tertiary/aromatic N) is 3. The van der Waals surface area contributed by atoms with Crippen LogP contribution in [-0.4, -0.2) is 36.8 Å². The number of alkyl carbamates (subject to hydrolysis) is 1. The zero-order chi connectivity index (χ0) is 16.9. The van der Waals surface area contributed by atoms with E-state index in [0.29, 0.717) is 18.7 Å². The highest BCUT2D eigenvalue weighted by molar-refractivity contribution is 5.86. The molecule has 2 heterocycles. The Labute approximate surface area is 141 Å². The fourth-order valence-electron chi connectivity index (χ4n) is 3.06. The quantitative estimate of drug-likeness (QED) is 0.939. The van der Waals surface area contributed by atoms with Crippen molar-refractivity contribution >= 4 is 22.8 Å². The SMILES string of the molecule is CCOC(=O)N[C@@H]1CCCN(c2cc(C#N)c3ccccc3n2)C1. The first-order valence-electron chi connectivity index (χ1n) is 8.19. The van der Waals surface area contributed by atoms with Gasteiger partial charge in [-0.25, -0.2) is 9.78 Å². The number of fused-ring (bicyclic) bond motifs is 1. The van der Waals surface area contributed by atoms with E-state index in [1.807, 2.05) is 30.3 Å². The van der Waals surface area contributed by atoms with Crippen LogP contribution in [0.1, 0.15) is 25.3 Å². The van der Waals surface area contributed by atoms with Gasteiger partial charge in [-0.15, -0.1) is 0 Å². The molecular weight excluding hydrogens is 304 g/mol. The third-order valence-corrected chi connectivity index (χ3v) is 4.17. The van der Waals surface area contributed by atoms with Gasteiger partial charge in [-0.05, 0) is 31.9 Å². The van der Waals surface area contributed by atoms with Gasteiger partial charge in [-0.2, -0.15) is 5.26 Å². The van der Waals surface area contributed by atoms with Crippen molar-refractivity contribution in [1.29, 1.82) is 5.26 Å². The number of benzene rings is 1. The van der Waals surface area contributed by atoms with Crippen LogP contribution in [0.5, 0.6) is 0 Å². The Hall–Kier alpha value is -2.81. The lowest BCUT2D eigenvalue weighted by Crippen LogP contribution is -2.48. The maximum Gasteiger partial charge on any atom is 0.407 e. The number of carbonyl (C=O) groups is 1. The van der Waals surface area contributed by atoms with Crippen LogP contribution in [0.4, 0.5) is 10.6 Å². The average Bonchev–Trinajstić information content (AvgIpc) is 2.61. The smallest absolute Gasteiger partial charge is 0.407 e. The van der Waals surface area contributed by atoms with Gasteiger partial charge in [0.2, 0.25) is 0 Å². The fourth-order valence-corrected chi connectivity index (χ4v) is 3.06. The van der Waals surface area contributed by atoms with E-state index in [2.05, 4.69) is 21.3 Å². The minimum Gasteiger partial charge on any atom is -0.450 e. The molecule has 0 unspecified atom stereocenters. The van der Waals surface area contributed by atoms with Crippen molar-refractivity contribution in [1.82, 2.24) is 10.3 Å². The number of rotatable bonds is 3. The Bertz CT molecular complexity index is 784. The first kappa shape index (κ1) is 16.1. The number of nitrogens with one attached hydrogen (secondary N) is 1. The number of anilines is 1. The van der Waals surface area contributed by atoms with E-state index in [1.165, 1.54) is 0 Å². The highest BCUT2D eigenvalue weighted by Crippen LogP contribution is 2.24. The lowest BCUT2D eigenvalue weighted by Gasteiger charge is -2.33. The van der Waals surface area contributed by atoms with E-state index in [1.54, 1.807) is 6.92 Å². The second kappa shape index (κ2) is 7.18. The first-order chi connectivity index (χ1) is 11.7. The second-order valence-electron chi connectivity index (χ2n) is 5.81. The number of ether oxygens (including phenoxy) is 1. The van der Waals surface area contributed by atoms with Crippen molar-refractivity contribution in [2.45, 2.75) is 25.8 Å². The van der Waals surface area contributed by atoms with Gasteiger partial charge in [0.25, 0.3) is 0 Å². The molecule has 2 aromatic rings. The average molecular weight is 324 g/mol. The highest BCUT2D eigenvalue weighted by atomic mass is 16.5. The monoisotopic (exact) mass is 324 g/mol. The predicted octanol–water partition coefficient (Wildman–Crippen LogP) is 2.82. The summed E-state index contributed by atoms with van der Waals surface area (Å²) in [6, 6.07) is 11.8. The summed E-state index contributed by atoms with van der Waals surface area (Å²) in [7, 11) is 0. The maximum atomic E-state index is 11.6. The Balaban J connectivity index is 1.82. The molecule has 1 aliphatic heterocycles. The Morgan fingerprint density at radius 1 is 1.50 bits per heavy atom. The Morgan fingerprint density at radius 3 is 3.12 bits per heavy atom. The molecule has 0 saturated carbocycles. The van der Waals surface area contributed by atoms with Crippen molar-refractivity contribution in [2.75, 3.05) is 24.6 Å². The first-order valence-corrected chi connectivity index (χ1v) is 8.19. The van der Waals surface area contributed by atoms with Crippen LogP contribution in [0.3, 0.4) is 0 Å². The van der Waals surface area contributed by atoms with Gasteiger partial charge in [0.15, 0.2) is 0 Å². The van der Waals surface area contributed by atoms with Gasteiger partial charge in [-0.1, -0.05) is 18.2 Å². The molecule has 1 atom stereocenters. The van der Waals surface area contributed by atoms with E-state index in [4.69, 9.17) is 4.74 Å². The van der Waals surface area contributed by atoms with Crippen LogP contribution < -0.4 is 10.2 Å². The summed E-state index contributed by atoms with van der Waals surface area (Å²) in [5, 5.41) is 13.2. The summed E-state index contributed by atoms with van der Waals surface area (Å²) >= 11 is 0. The molecule has 3 rings (SSSR count). The van der Waals surface area contributed by atoms with E-state index in [-0.39, 0.29) is 12.1 Å². The second-order valence-corrected chi connectivity index (χ2v) is 5.81. The summed E-state index contributed by atoms with van der Waals surface area (Å²) < 4.78 is 4.95. The third-order valence-electron chi connectivity index (χ3n) is 4.17. The van der Waals surface area contributed by atoms with Crippen LogP contribution in [0.25, 0.3) is 10.9 Å². The molecule has 0 spiro atoms. The number of hydrogen-bond acceptors (Lipinski definition) is 5. The largest absolute Gasteiger partial charge is 0.450 e. The third kappa shape index (κ3) is 3.40. The maximum absolute atomic E-state index is 11.6. The minimum atomic E-state index is -0.381. The zero-order valence-electron chi connectivity index (χ0n) is 13.7. The molecule has 1 aliphatic rings. The normalized spacial score (nSPS) is 17.3. The van der Waals surface area contributed by atoms with Crippen LogP contribution in [0.2, 0.25) is 0 Å². The van der Waals surface area contributed by atoms with E-state index in [0.717, 1.165) is 36.1 Å². The van der Waals surface area contributed by atoms with E-state index in [9.17, 15) is 10.1 Å². The Kier molecular flexibility index (Phi) is 4.80. The van der Waals surface area contributed by atoms with Crippen LogP contribution in [-0.2, 0) is 4.74 Å². The molecule has 1 aromatic heterocycles. The van der Waals surface area contributed by atoms with Gasteiger partial charge >= 0.3 is 6.09 Å². The summed E-state index contributed by atoms with van der Waals surface area (Å²) in [6.07, 6.45) is 1.48. The van der Waals surface area contributed by atoms with Crippen LogP contribution in [0, 0.1) is 11.3 Å². The molecule has 1 amide bonds. The molecule has 6 nitrogen and oxygen atoms in total. The number of pyridine rings is 1. The standard InChI is InChI=1S/C18H20N4O2/c1-2-24-18(23)20-14-6-5-9-22(12-14)17-10-13(11-19)15-7-3-4-8-16(15)21-17/h3-4,7-8,10,14H,2,5-6,9,12H2,1H3,(H,20,23)/t14-/m1/s1. The lowest BCUT2D eigenvalue weighted by atomic mass is 10.0. The van der Waals surface area contributed by atoms with Crippen molar-refractivity contribution in [3.63, 3.8) is 0 Å². The summed E-state index contributed by atoms with van der Waals surface area (Å²) in [6.45, 7) is 3.67.